The molecule has 2 saturated heterocycles. The van der Waals surface area contributed by atoms with E-state index in [0.717, 1.165) is 6.42 Å². The third kappa shape index (κ3) is 2.49. The molecule has 0 aromatic heterocycles. The Morgan fingerprint density at radius 1 is 1.18 bits per heavy atom. The number of amides is 2. The van der Waals surface area contributed by atoms with Gasteiger partial charge in [0.2, 0.25) is 0 Å². The molecule has 2 amide bonds. The number of hydrogen-bond acceptors (Lipinski definition) is 3. The van der Waals surface area contributed by atoms with E-state index < -0.39 is 11.0 Å². The number of piperazine rings is 1. The van der Waals surface area contributed by atoms with Gasteiger partial charge in [0, 0.05) is 13.1 Å². The van der Waals surface area contributed by atoms with Crippen LogP contribution in [0.25, 0.3) is 0 Å². The quantitative estimate of drug-likeness (QED) is 0.495. The first-order valence-electron chi connectivity index (χ1n) is 5.73. The first-order chi connectivity index (χ1) is 7.78. The molecule has 96 valence electrons. The SMILES string of the molecule is CC(C)(C)OC(=O)N1C[C@H]2C[C@@H]1CN2C(=O)Cl. The van der Waals surface area contributed by atoms with Crippen LogP contribution in [-0.2, 0) is 4.74 Å². The van der Waals surface area contributed by atoms with E-state index in [4.69, 9.17) is 16.3 Å². The standard InChI is InChI=1S/C11H17ClN2O3/c1-11(2,3)17-10(16)14-6-7-4-8(14)5-13(7)9(12)15/h7-8H,4-6H2,1-3H3/t7-,8-/m1/s1. The molecule has 0 unspecified atom stereocenters. The van der Waals surface area contributed by atoms with Crippen LogP contribution in [0.3, 0.4) is 0 Å². The van der Waals surface area contributed by atoms with Crippen LogP contribution in [0.4, 0.5) is 9.59 Å². The average molecular weight is 261 g/mol. The van der Waals surface area contributed by atoms with Crippen LogP contribution in [0.15, 0.2) is 0 Å². The Morgan fingerprint density at radius 3 is 2.12 bits per heavy atom. The van der Waals surface area contributed by atoms with Crippen molar-refractivity contribution in [2.75, 3.05) is 13.1 Å². The lowest BCUT2D eigenvalue weighted by atomic mass is 10.2. The van der Waals surface area contributed by atoms with Gasteiger partial charge in [-0.2, -0.15) is 0 Å². The topological polar surface area (TPSA) is 49.9 Å². The van der Waals surface area contributed by atoms with Gasteiger partial charge in [0.05, 0.1) is 12.1 Å². The molecule has 0 aromatic rings. The minimum absolute atomic E-state index is 0.0533. The summed E-state index contributed by atoms with van der Waals surface area (Å²) in [6.45, 7) is 6.57. The molecule has 0 saturated carbocycles. The zero-order valence-electron chi connectivity index (χ0n) is 10.3. The molecule has 0 aromatic carbocycles. The summed E-state index contributed by atoms with van der Waals surface area (Å²) in [5.41, 5.74) is -0.485. The van der Waals surface area contributed by atoms with Gasteiger partial charge in [-0.1, -0.05) is 0 Å². The zero-order chi connectivity index (χ0) is 12.8. The van der Waals surface area contributed by atoms with E-state index in [0.29, 0.717) is 13.1 Å². The van der Waals surface area contributed by atoms with Gasteiger partial charge in [0.25, 0.3) is 0 Å². The second kappa shape index (κ2) is 4.05. The molecule has 2 heterocycles. The minimum Gasteiger partial charge on any atom is -0.444 e. The molecule has 2 aliphatic heterocycles. The maximum atomic E-state index is 11.9. The van der Waals surface area contributed by atoms with Gasteiger partial charge in [-0.25, -0.2) is 4.79 Å². The highest BCUT2D eigenvalue weighted by atomic mass is 35.5. The maximum absolute atomic E-state index is 11.9. The summed E-state index contributed by atoms with van der Waals surface area (Å²) in [4.78, 5) is 26.3. The first-order valence-corrected chi connectivity index (χ1v) is 6.11. The van der Waals surface area contributed by atoms with E-state index in [2.05, 4.69) is 0 Å². The van der Waals surface area contributed by atoms with Gasteiger partial charge in [-0.3, -0.25) is 4.79 Å². The van der Waals surface area contributed by atoms with Crippen LogP contribution < -0.4 is 0 Å². The van der Waals surface area contributed by atoms with Crippen molar-refractivity contribution in [3.63, 3.8) is 0 Å². The fourth-order valence-corrected chi connectivity index (χ4v) is 2.63. The van der Waals surface area contributed by atoms with Gasteiger partial charge in [0.1, 0.15) is 5.60 Å². The second-order valence-electron chi connectivity index (χ2n) is 5.58. The van der Waals surface area contributed by atoms with Crippen LogP contribution >= 0.6 is 11.6 Å². The molecule has 5 nitrogen and oxygen atoms in total. The summed E-state index contributed by atoms with van der Waals surface area (Å²) >= 11 is 5.46. The van der Waals surface area contributed by atoms with Gasteiger partial charge in [-0.15, -0.1) is 0 Å². The van der Waals surface area contributed by atoms with Gasteiger partial charge >= 0.3 is 11.5 Å². The molecule has 2 fully saturated rings. The lowest BCUT2D eigenvalue weighted by molar-refractivity contribution is 0.0159. The maximum Gasteiger partial charge on any atom is 0.410 e. The Morgan fingerprint density at radius 2 is 1.71 bits per heavy atom. The molecular weight excluding hydrogens is 244 g/mol. The number of rotatable bonds is 0. The molecule has 6 heteroatoms. The van der Waals surface area contributed by atoms with Crippen molar-refractivity contribution < 1.29 is 14.3 Å². The van der Waals surface area contributed by atoms with Crippen LogP contribution in [0.2, 0.25) is 0 Å². The monoisotopic (exact) mass is 260 g/mol. The van der Waals surface area contributed by atoms with Crippen LogP contribution in [-0.4, -0.2) is 52.0 Å². The molecule has 0 radical (unpaired) electrons. The summed E-state index contributed by atoms with van der Waals surface area (Å²) < 4.78 is 5.32. The second-order valence-corrected chi connectivity index (χ2v) is 5.90. The Bertz CT molecular complexity index is 353. The van der Waals surface area contributed by atoms with Crippen LogP contribution in [0.1, 0.15) is 27.2 Å². The number of carbonyl (C=O) groups is 2. The van der Waals surface area contributed by atoms with Crippen molar-refractivity contribution in [3.05, 3.63) is 0 Å². The number of ether oxygens (including phenoxy) is 1. The van der Waals surface area contributed by atoms with Crippen molar-refractivity contribution in [1.29, 1.82) is 0 Å². The number of hydrogen-bond donors (Lipinski definition) is 0. The fourth-order valence-electron chi connectivity index (χ4n) is 2.43. The summed E-state index contributed by atoms with van der Waals surface area (Å²) in [6.07, 6.45) is 0.504. The molecule has 0 N–H and O–H groups in total. The van der Waals surface area contributed by atoms with E-state index in [1.54, 1.807) is 9.80 Å². The third-order valence-electron chi connectivity index (χ3n) is 3.09. The fraction of sp³-hybridized carbons (Fsp3) is 0.818. The average Bonchev–Trinajstić information content (AvgIpc) is 2.72. The highest BCUT2D eigenvalue weighted by Crippen LogP contribution is 2.32. The Kier molecular flexibility index (Phi) is 2.97. The summed E-state index contributed by atoms with van der Waals surface area (Å²) in [5.74, 6) is 0. The van der Waals surface area contributed by atoms with E-state index >= 15 is 0 Å². The van der Waals surface area contributed by atoms with E-state index in [9.17, 15) is 9.59 Å². The molecular formula is C11H17ClN2O3. The normalized spacial score (nSPS) is 27.5. The Hall–Kier alpha value is -0.970. The summed E-state index contributed by atoms with van der Waals surface area (Å²) in [6, 6.07) is 0.107. The largest absolute Gasteiger partial charge is 0.444 e. The molecule has 2 aliphatic rings. The van der Waals surface area contributed by atoms with Crippen LogP contribution in [0.5, 0.6) is 0 Å². The number of halogens is 1. The summed E-state index contributed by atoms with van der Waals surface area (Å²) in [5, 5.41) is -0.429. The van der Waals surface area contributed by atoms with E-state index in [-0.39, 0.29) is 18.2 Å². The number of carbonyl (C=O) groups excluding carboxylic acids is 2. The molecule has 2 rings (SSSR count). The number of fused-ring (bicyclic) bond motifs is 2. The van der Waals surface area contributed by atoms with Crippen molar-refractivity contribution in [1.82, 2.24) is 9.80 Å². The number of likely N-dealkylation sites (tertiary alicyclic amines) is 2. The van der Waals surface area contributed by atoms with Gasteiger partial charge < -0.3 is 14.5 Å². The van der Waals surface area contributed by atoms with Crippen molar-refractivity contribution in [2.24, 2.45) is 0 Å². The smallest absolute Gasteiger partial charge is 0.410 e. The van der Waals surface area contributed by atoms with Gasteiger partial charge in [-0.05, 0) is 38.8 Å². The lowest BCUT2D eigenvalue weighted by Gasteiger charge is -2.34. The highest BCUT2D eigenvalue weighted by molar-refractivity contribution is 6.62. The molecule has 2 bridgehead atoms. The third-order valence-corrected chi connectivity index (χ3v) is 3.31. The Labute approximate surface area is 106 Å². The predicted octanol–water partition coefficient (Wildman–Crippen LogP) is 2.04. The Balaban J connectivity index is 1.96. The molecule has 2 atom stereocenters. The van der Waals surface area contributed by atoms with E-state index in [1.165, 1.54) is 0 Å². The van der Waals surface area contributed by atoms with Crippen LogP contribution in [0, 0.1) is 0 Å². The minimum atomic E-state index is -0.485. The predicted molar refractivity (Wildman–Crippen MR) is 63.1 cm³/mol. The first kappa shape index (κ1) is 12.5. The highest BCUT2D eigenvalue weighted by Gasteiger charge is 2.47. The molecule has 17 heavy (non-hydrogen) atoms. The molecule has 0 aliphatic carbocycles. The molecule has 0 spiro atoms. The zero-order valence-corrected chi connectivity index (χ0v) is 11.0. The van der Waals surface area contributed by atoms with Crippen molar-refractivity contribution in [3.8, 4) is 0 Å². The van der Waals surface area contributed by atoms with Crippen molar-refractivity contribution in [2.45, 2.75) is 44.9 Å². The summed E-state index contributed by atoms with van der Waals surface area (Å²) in [7, 11) is 0. The van der Waals surface area contributed by atoms with Crippen molar-refractivity contribution >= 4 is 23.1 Å². The van der Waals surface area contributed by atoms with E-state index in [1.807, 2.05) is 20.8 Å². The number of nitrogens with zero attached hydrogens (tertiary/aromatic N) is 2. The lowest BCUT2D eigenvalue weighted by Crippen LogP contribution is -2.50. The van der Waals surface area contributed by atoms with Gasteiger partial charge in [0.15, 0.2) is 0 Å².